The van der Waals surface area contributed by atoms with Crippen LogP contribution >= 0.6 is 10.8 Å². The lowest BCUT2D eigenvalue weighted by atomic mass is 9.94. The zero-order chi connectivity index (χ0) is 24.1. The van der Waals surface area contributed by atoms with Crippen molar-refractivity contribution in [1.82, 2.24) is 5.32 Å². The van der Waals surface area contributed by atoms with Gasteiger partial charge < -0.3 is 16.2 Å². The number of aliphatic hydroxyl groups is 1. The Morgan fingerprint density at radius 2 is 1.82 bits per heavy atom. The number of nitrogens with zero attached hydrogens (tertiary/aromatic N) is 1. The molecular formula is C26H37N3O4S. The monoisotopic (exact) mass is 487 g/mol. The highest BCUT2D eigenvalue weighted by Crippen LogP contribution is 2.50. The fraction of sp³-hybridized carbons (Fsp3) is 0.500. The van der Waals surface area contributed by atoms with E-state index in [9.17, 15) is 19.0 Å². The van der Waals surface area contributed by atoms with E-state index in [0.717, 1.165) is 49.7 Å². The molecule has 1 aliphatic heterocycles. The van der Waals surface area contributed by atoms with Gasteiger partial charge in [-0.15, -0.1) is 10.8 Å². The molecule has 186 valence electrons. The lowest BCUT2D eigenvalue weighted by Crippen LogP contribution is -2.47. The summed E-state index contributed by atoms with van der Waals surface area (Å²) in [5, 5.41) is 13.5. The molecule has 2 fully saturated rings. The second kappa shape index (κ2) is 11.1. The van der Waals surface area contributed by atoms with Crippen molar-refractivity contribution in [3.8, 4) is 0 Å². The Morgan fingerprint density at radius 1 is 1.09 bits per heavy atom. The zero-order valence-electron chi connectivity index (χ0n) is 19.6. The topological polar surface area (TPSA) is 119 Å². The maximum Gasteiger partial charge on any atom is 0.251 e. The number of hydrogen-bond donors (Lipinski definition) is 5. The van der Waals surface area contributed by atoms with Crippen LogP contribution in [0.15, 0.2) is 48.5 Å². The molecular weight excluding hydrogens is 450 g/mol. The summed E-state index contributed by atoms with van der Waals surface area (Å²) >= 11 is 0. The predicted octanol–water partition coefficient (Wildman–Crippen LogP) is 4.27. The second-order valence-corrected chi connectivity index (χ2v) is 11.6. The van der Waals surface area contributed by atoms with Crippen molar-refractivity contribution in [2.45, 2.75) is 63.0 Å². The SMILES string of the molecule is NC[C@H](O)[C@H](Cc1ccccc1)NC(=O)c1cc(C2CCCC2)cc(N2CCCCS2(O)O)c1. The van der Waals surface area contributed by atoms with Crippen LogP contribution < -0.4 is 15.4 Å². The van der Waals surface area contributed by atoms with E-state index in [2.05, 4.69) is 5.32 Å². The van der Waals surface area contributed by atoms with Crippen LogP contribution in [0.1, 0.15) is 65.9 Å². The van der Waals surface area contributed by atoms with Gasteiger partial charge in [0.1, 0.15) is 0 Å². The van der Waals surface area contributed by atoms with Gasteiger partial charge in [-0.3, -0.25) is 18.2 Å². The number of benzene rings is 2. The quantitative estimate of drug-likeness (QED) is 0.379. The molecule has 4 rings (SSSR count). The second-order valence-electron chi connectivity index (χ2n) is 9.51. The third-order valence-corrected chi connectivity index (χ3v) is 8.96. The van der Waals surface area contributed by atoms with Crippen LogP contribution in [0.4, 0.5) is 5.69 Å². The van der Waals surface area contributed by atoms with Crippen LogP contribution in [0.25, 0.3) is 0 Å². The molecule has 1 heterocycles. The summed E-state index contributed by atoms with van der Waals surface area (Å²) in [5.74, 6) is 0.431. The van der Waals surface area contributed by atoms with Crippen molar-refractivity contribution in [2.24, 2.45) is 5.73 Å². The van der Waals surface area contributed by atoms with Crippen molar-refractivity contribution >= 4 is 22.4 Å². The van der Waals surface area contributed by atoms with Gasteiger partial charge >= 0.3 is 0 Å². The minimum absolute atomic E-state index is 0.0415. The average Bonchev–Trinajstić information content (AvgIpc) is 3.38. The number of nitrogens with two attached hydrogens (primary N) is 1. The Bertz CT molecular complexity index is 966. The van der Waals surface area contributed by atoms with Crippen LogP contribution in [0.2, 0.25) is 0 Å². The van der Waals surface area contributed by atoms with E-state index in [-0.39, 0.29) is 12.5 Å². The molecule has 0 radical (unpaired) electrons. The van der Waals surface area contributed by atoms with Crippen molar-refractivity contribution < 1.29 is 19.0 Å². The minimum atomic E-state index is -2.90. The molecule has 7 nitrogen and oxygen atoms in total. The molecule has 2 aromatic carbocycles. The first-order valence-corrected chi connectivity index (χ1v) is 14.0. The van der Waals surface area contributed by atoms with Gasteiger partial charge in [-0.25, -0.2) is 0 Å². The number of nitrogens with one attached hydrogen (secondary N) is 1. The van der Waals surface area contributed by atoms with Crippen molar-refractivity contribution in [1.29, 1.82) is 0 Å². The third-order valence-electron chi connectivity index (χ3n) is 7.02. The number of aliphatic hydroxyl groups excluding tert-OH is 1. The summed E-state index contributed by atoms with van der Waals surface area (Å²) in [6.45, 7) is 0.597. The van der Waals surface area contributed by atoms with Gasteiger partial charge in [0.2, 0.25) is 0 Å². The summed E-state index contributed by atoms with van der Waals surface area (Å²) in [5.41, 5.74) is 8.97. The fourth-order valence-corrected chi connectivity index (χ4v) is 6.75. The molecule has 2 atom stereocenters. The van der Waals surface area contributed by atoms with E-state index in [4.69, 9.17) is 5.73 Å². The largest absolute Gasteiger partial charge is 0.390 e. The Morgan fingerprint density at radius 3 is 2.50 bits per heavy atom. The van der Waals surface area contributed by atoms with E-state index in [1.807, 2.05) is 42.5 Å². The van der Waals surface area contributed by atoms with E-state index < -0.39 is 22.9 Å². The number of carbonyl (C=O) groups is 1. The van der Waals surface area contributed by atoms with E-state index >= 15 is 0 Å². The highest BCUT2D eigenvalue weighted by Gasteiger charge is 2.29. The normalized spacial score (nSPS) is 21.1. The van der Waals surface area contributed by atoms with Gasteiger partial charge in [0.05, 0.1) is 23.6 Å². The lowest BCUT2D eigenvalue weighted by Gasteiger charge is -2.47. The highest BCUT2D eigenvalue weighted by molar-refractivity contribution is 8.25. The van der Waals surface area contributed by atoms with Crippen LogP contribution in [-0.2, 0) is 6.42 Å². The molecule has 0 unspecified atom stereocenters. The van der Waals surface area contributed by atoms with E-state index in [1.54, 1.807) is 10.4 Å². The molecule has 0 bridgehead atoms. The Hall–Kier alpha value is -2.10. The number of carbonyl (C=O) groups excluding carboxylic acids is 1. The van der Waals surface area contributed by atoms with Crippen molar-refractivity contribution in [3.63, 3.8) is 0 Å². The molecule has 2 aliphatic rings. The Balaban J connectivity index is 1.63. The van der Waals surface area contributed by atoms with Crippen molar-refractivity contribution in [2.75, 3.05) is 23.1 Å². The molecule has 1 amide bonds. The fourth-order valence-electron chi connectivity index (χ4n) is 5.08. The summed E-state index contributed by atoms with van der Waals surface area (Å²) in [6.07, 6.45) is 5.73. The summed E-state index contributed by atoms with van der Waals surface area (Å²) in [6, 6.07) is 14.9. The Kier molecular flexibility index (Phi) is 8.16. The Labute approximate surface area is 203 Å². The first-order chi connectivity index (χ1) is 16.4. The highest BCUT2D eigenvalue weighted by atomic mass is 32.3. The van der Waals surface area contributed by atoms with Gasteiger partial charge in [0, 0.05) is 18.7 Å². The summed E-state index contributed by atoms with van der Waals surface area (Å²) < 4.78 is 23.1. The van der Waals surface area contributed by atoms with Crippen LogP contribution in [0, 0.1) is 0 Å². The number of hydrogen-bond acceptors (Lipinski definition) is 6. The predicted molar refractivity (Wildman–Crippen MR) is 138 cm³/mol. The first kappa shape index (κ1) is 25.0. The summed E-state index contributed by atoms with van der Waals surface area (Å²) in [4.78, 5) is 13.4. The van der Waals surface area contributed by atoms with E-state index in [1.165, 1.54) is 0 Å². The summed E-state index contributed by atoms with van der Waals surface area (Å²) in [7, 11) is -2.90. The third kappa shape index (κ3) is 5.93. The molecule has 1 saturated heterocycles. The minimum Gasteiger partial charge on any atom is -0.390 e. The number of rotatable bonds is 8. The molecule has 1 aliphatic carbocycles. The van der Waals surface area contributed by atoms with Crippen LogP contribution in [0.5, 0.6) is 0 Å². The number of anilines is 1. The van der Waals surface area contributed by atoms with Gasteiger partial charge in [-0.05, 0) is 67.3 Å². The van der Waals surface area contributed by atoms with Gasteiger partial charge in [0.15, 0.2) is 0 Å². The van der Waals surface area contributed by atoms with E-state index in [0.29, 0.717) is 35.9 Å². The number of amides is 1. The molecule has 2 aromatic rings. The van der Waals surface area contributed by atoms with Gasteiger partial charge in [-0.2, -0.15) is 0 Å². The van der Waals surface area contributed by atoms with Crippen LogP contribution in [0.3, 0.4) is 0 Å². The van der Waals surface area contributed by atoms with Crippen molar-refractivity contribution in [3.05, 3.63) is 65.2 Å². The molecule has 1 saturated carbocycles. The van der Waals surface area contributed by atoms with Crippen LogP contribution in [-0.4, -0.2) is 51.1 Å². The standard InChI is InChI=1S/C26H37N3O4S/c27-18-25(30)24(14-19-8-2-1-3-9-19)28-26(31)22-15-21(20-10-4-5-11-20)16-23(17-22)29-12-6-7-13-34(29,32)33/h1-3,8-9,15-17,20,24-25,30,32-33H,4-7,10-14,18,27H2,(H,28,31)/t24-,25-/m0/s1. The zero-order valence-corrected chi connectivity index (χ0v) is 20.4. The first-order valence-electron chi connectivity index (χ1n) is 12.3. The smallest absolute Gasteiger partial charge is 0.251 e. The maximum absolute atomic E-state index is 13.4. The average molecular weight is 488 g/mol. The maximum atomic E-state index is 13.4. The molecule has 8 heteroatoms. The molecule has 34 heavy (non-hydrogen) atoms. The van der Waals surface area contributed by atoms with Gasteiger partial charge in [0.25, 0.3) is 5.91 Å². The molecule has 0 aromatic heterocycles. The van der Waals surface area contributed by atoms with Gasteiger partial charge in [-0.1, -0.05) is 43.2 Å². The lowest BCUT2D eigenvalue weighted by molar-refractivity contribution is 0.0845. The molecule has 6 N–H and O–H groups in total. The molecule has 0 spiro atoms.